The first kappa shape index (κ1) is 16.2. The molecular formula is C18H16N2O3. The van der Waals surface area contributed by atoms with E-state index in [-0.39, 0.29) is 11.8 Å². The summed E-state index contributed by atoms with van der Waals surface area (Å²) in [5.74, 6) is -0.495. The smallest absolute Gasteiger partial charge is 0.255 e. The van der Waals surface area contributed by atoms with Crippen LogP contribution in [0, 0.1) is 0 Å². The monoisotopic (exact) mass is 308 g/mol. The van der Waals surface area contributed by atoms with E-state index in [4.69, 9.17) is 0 Å². The predicted octanol–water partition coefficient (Wildman–Crippen LogP) is 2.90. The van der Waals surface area contributed by atoms with Crippen molar-refractivity contribution in [2.45, 2.75) is 0 Å². The number of benzene rings is 2. The van der Waals surface area contributed by atoms with E-state index >= 15 is 0 Å². The Hall–Kier alpha value is -3.21. The average Bonchev–Trinajstić information content (AvgIpc) is 2.61. The summed E-state index contributed by atoms with van der Waals surface area (Å²) in [6.45, 7) is 3.44. The van der Waals surface area contributed by atoms with Crippen LogP contribution in [0.15, 0.2) is 61.2 Å². The van der Waals surface area contributed by atoms with Gasteiger partial charge in [-0.3, -0.25) is 14.4 Å². The Kier molecular flexibility index (Phi) is 5.04. The third kappa shape index (κ3) is 3.91. The van der Waals surface area contributed by atoms with Crippen LogP contribution in [0.1, 0.15) is 20.7 Å². The topological polar surface area (TPSA) is 66.5 Å². The predicted molar refractivity (Wildman–Crippen MR) is 89.8 cm³/mol. The number of nitrogens with zero attached hydrogens (tertiary/aromatic N) is 1. The number of carbonyl (C=O) groups excluding carboxylic acids is 3. The van der Waals surface area contributed by atoms with Gasteiger partial charge in [-0.25, -0.2) is 0 Å². The number of hydrogen-bond acceptors (Lipinski definition) is 3. The Labute approximate surface area is 134 Å². The second kappa shape index (κ2) is 7.17. The number of aldehydes is 1. The molecular weight excluding hydrogens is 292 g/mol. The number of carbonyl (C=O) groups is 3. The molecule has 0 spiro atoms. The molecule has 0 aliphatic heterocycles. The maximum absolute atomic E-state index is 12.2. The Balaban J connectivity index is 2.09. The van der Waals surface area contributed by atoms with Gasteiger partial charge in [-0.1, -0.05) is 6.58 Å². The molecule has 23 heavy (non-hydrogen) atoms. The summed E-state index contributed by atoms with van der Waals surface area (Å²) in [7, 11) is 1.63. The standard InChI is InChI=1S/C18H16N2O3/c1-3-17(22)20(2)16-10-6-14(7-11-16)18(23)19-15-8-4-13(12-21)5-9-15/h3-12H,1H2,2H3,(H,19,23). The third-order valence-electron chi connectivity index (χ3n) is 3.33. The van der Waals surface area contributed by atoms with Crippen LogP contribution >= 0.6 is 0 Å². The molecule has 2 amide bonds. The van der Waals surface area contributed by atoms with Crippen molar-refractivity contribution >= 4 is 29.5 Å². The van der Waals surface area contributed by atoms with Gasteiger partial charge in [0.05, 0.1) is 0 Å². The zero-order valence-corrected chi connectivity index (χ0v) is 12.7. The first-order valence-corrected chi connectivity index (χ1v) is 6.92. The van der Waals surface area contributed by atoms with Crippen molar-refractivity contribution in [3.63, 3.8) is 0 Å². The minimum Gasteiger partial charge on any atom is -0.322 e. The van der Waals surface area contributed by atoms with E-state index < -0.39 is 0 Å². The van der Waals surface area contributed by atoms with Gasteiger partial charge in [-0.2, -0.15) is 0 Å². The van der Waals surface area contributed by atoms with Crippen molar-refractivity contribution in [1.82, 2.24) is 0 Å². The fraction of sp³-hybridized carbons (Fsp3) is 0.0556. The van der Waals surface area contributed by atoms with Crippen molar-refractivity contribution in [2.75, 3.05) is 17.3 Å². The number of anilines is 2. The second-order valence-corrected chi connectivity index (χ2v) is 4.84. The summed E-state index contributed by atoms with van der Waals surface area (Å²) in [4.78, 5) is 35.7. The normalized spacial score (nSPS) is 9.78. The van der Waals surface area contributed by atoms with Crippen LogP contribution in [0.4, 0.5) is 11.4 Å². The highest BCUT2D eigenvalue weighted by Gasteiger charge is 2.10. The first-order valence-electron chi connectivity index (χ1n) is 6.92. The van der Waals surface area contributed by atoms with Crippen molar-refractivity contribution in [3.05, 3.63) is 72.3 Å². The van der Waals surface area contributed by atoms with E-state index in [1.807, 2.05) is 0 Å². The lowest BCUT2D eigenvalue weighted by Gasteiger charge is -2.15. The molecule has 0 aliphatic rings. The van der Waals surface area contributed by atoms with E-state index in [0.717, 1.165) is 6.29 Å². The van der Waals surface area contributed by atoms with Gasteiger partial charge in [0, 0.05) is 29.5 Å². The maximum Gasteiger partial charge on any atom is 0.255 e. The minimum absolute atomic E-state index is 0.225. The molecule has 1 N–H and O–H groups in total. The summed E-state index contributed by atoms with van der Waals surface area (Å²) in [6.07, 6.45) is 1.97. The Morgan fingerprint density at radius 3 is 2.17 bits per heavy atom. The summed E-state index contributed by atoms with van der Waals surface area (Å²) >= 11 is 0. The minimum atomic E-state index is -0.270. The molecule has 0 unspecified atom stereocenters. The SMILES string of the molecule is C=CC(=O)N(C)c1ccc(C(=O)Nc2ccc(C=O)cc2)cc1. The van der Waals surface area contributed by atoms with E-state index in [2.05, 4.69) is 11.9 Å². The van der Waals surface area contributed by atoms with E-state index in [1.54, 1.807) is 55.6 Å². The lowest BCUT2D eigenvalue weighted by Crippen LogP contribution is -2.23. The summed E-state index contributed by atoms with van der Waals surface area (Å²) < 4.78 is 0. The second-order valence-electron chi connectivity index (χ2n) is 4.84. The number of hydrogen-bond donors (Lipinski definition) is 1. The quantitative estimate of drug-likeness (QED) is 0.682. The first-order chi connectivity index (χ1) is 11.0. The molecule has 0 saturated carbocycles. The molecule has 0 fully saturated rings. The third-order valence-corrected chi connectivity index (χ3v) is 3.33. The van der Waals surface area contributed by atoms with Gasteiger partial charge >= 0.3 is 0 Å². The highest BCUT2D eigenvalue weighted by Crippen LogP contribution is 2.16. The zero-order valence-electron chi connectivity index (χ0n) is 12.7. The van der Waals surface area contributed by atoms with Gasteiger partial charge in [-0.05, 0) is 54.6 Å². The van der Waals surface area contributed by atoms with E-state index in [9.17, 15) is 14.4 Å². The van der Waals surface area contributed by atoms with Crippen LogP contribution in [0.2, 0.25) is 0 Å². The van der Waals surface area contributed by atoms with Gasteiger partial charge in [0.1, 0.15) is 6.29 Å². The van der Waals surface area contributed by atoms with Crippen LogP contribution in [0.5, 0.6) is 0 Å². The Bertz CT molecular complexity index is 734. The molecule has 116 valence electrons. The number of amides is 2. The van der Waals surface area contributed by atoms with Crippen LogP contribution in [-0.2, 0) is 4.79 Å². The molecule has 0 saturated heterocycles. The van der Waals surface area contributed by atoms with Crippen LogP contribution < -0.4 is 10.2 Å². The fourth-order valence-corrected chi connectivity index (χ4v) is 1.95. The van der Waals surface area contributed by atoms with Gasteiger partial charge in [0.25, 0.3) is 5.91 Å². The molecule has 2 rings (SSSR count). The number of likely N-dealkylation sites (N-methyl/N-ethyl adjacent to an activating group) is 1. The molecule has 2 aromatic carbocycles. The number of rotatable bonds is 5. The number of nitrogens with one attached hydrogen (secondary N) is 1. The highest BCUT2D eigenvalue weighted by molar-refractivity contribution is 6.05. The van der Waals surface area contributed by atoms with Crippen molar-refractivity contribution in [2.24, 2.45) is 0 Å². The molecule has 5 heteroatoms. The van der Waals surface area contributed by atoms with Gasteiger partial charge in [0.2, 0.25) is 5.91 Å². The molecule has 0 aliphatic carbocycles. The molecule has 0 atom stereocenters. The van der Waals surface area contributed by atoms with Crippen LogP contribution in [-0.4, -0.2) is 25.1 Å². The van der Waals surface area contributed by atoms with Gasteiger partial charge in [-0.15, -0.1) is 0 Å². The van der Waals surface area contributed by atoms with Gasteiger partial charge in [0.15, 0.2) is 0 Å². The van der Waals surface area contributed by atoms with E-state index in [0.29, 0.717) is 22.5 Å². The largest absolute Gasteiger partial charge is 0.322 e. The van der Waals surface area contributed by atoms with Crippen LogP contribution in [0.3, 0.4) is 0 Å². The van der Waals surface area contributed by atoms with E-state index in [1.165, 1.54) is 11.0 Å². The van der Waals surface area contributed by atoms with Crippen molar-refractivity contribution in [1.29, 1.82) is 0 Å². The average molecular weight is 308 g/mol. The lowest BCUT2D eigenvalue weighted by molar-refractivity contribution is -0.113. The highest BCUT2D eigenvalue weighted by atomic mass is 16.2. The van der Waals surface area contributed by atoms with Gasteiger partial charge < -0.3 is 10.2 Å². The molecule has 0 radical (unpaired) electrons. The fourth-order valence-electron chi connectivity index (χ4n) is 1.95. The lowest BCUT2D eigenvalue weighted by atomic mass is 10.1. The molecule has 0 aromatic heterocycles. The summed E-state index contributed by atoms with van der Waals surface area (Å²) in [5, 5.41) is 2.74. The van der Waals surface area contributed by atoms with Crippen molar-refractivity contribution in [3.8, 4) is 0 Å². The molecule has 0 heterocycles. The van der Waals surface area contributed by atoms with Crippen LogP contribution in [0.25, 0.3) is 0 Å². The molecule has 0 bridgehead atoms. The summed E-state index contributed by atoms with van der Waals surface area (Å²) in [6, 6.07) is 13.2. The zero-order chi connectivity index (χ0) is 16.8. The Morgan fingerprint density at radius 1 is 1.04 bits per heavy atom. The van der Waals surface area contributed by atoms with Crippen molar-refractivity contribution < 1.29 is 14.4 Å². The molecule has 5 nitrogen and oxygen atoms in total. The molecule has 2 aromatic rings. The maximum atomic E-state index is 12.2. The summed E-state index contributed by atoms with van der Waals surface area (Å²) in [5.41, 5.74) is 2.28. The Morgan fingerprint density at radius 2 is 1.65 bits per heavy atom.